The molecule has 4 aromatic heterocycles. The van der Waals surface area contributed by atoms with Crippen LogP contribution in [0.1, 0.15) is 11.1 Å². The Kier molecular flexibility index (Phi) is 6.96. The van der Waals surface area contributed by atoms with Gasteiger partial charge in [-0.1, -0.05) is 115 Å². The zero-order valence-corrected chi connectivity index (χ0v) is 30.6. The molecule has 0 saturated carbocycles. The van der Waals surface area contributed by atoms with E-state index < -0.39 is 0 Å². The molecule has 0 saturated heterocycles. The zero-order valence-electron chi connectivity index (χ0n) is 29.0. The second-order valence-corrected chi connectivity index (χ2v) is 15.6. The van der Waals surface area contributed by atoms with E-state index in [1.807, 2.05) is 60.7 Å². The first-order valence-electron chi connectivity index (χ1n) is 17.9. The summed E-state index contributed by atoms with van der Waals surface area (Å²) in [6, 6.07) is 56.6. The maximum Gasteiger partial charge on any atom is 0.161 e. The molecule has 4 heterocycles. The van der Waals surface area contributed by atoms with Crippen molar-refractivity contribution in [1.82, 2.24) is 14.5 Å². The van der Waals surface area contributed by atoms with Crippen molar-refractivity contribution in [1.29, 1.82) is 10.5 Å². The van der Waals surface area contributed by atoms with Crippen LogP contribution in [-0.2, 0) is 0 Å². The van der Waals surface area contributed by atoms with Crippen molar-refractivity contribution in [2.24, 2.45) is 0 Å². The summed E-state index contributed by atoms with van der Waals surface area (Å²) in [5.41, 5.74) is 7.15. The minimum atomic E-state index is 0.360. The molecule has 0 bridgehead atoms. The fourth-order valence-electron chi connectivity index (χ4n) is 8.07. The first-order chi connectivity index (χ1) is 27.2. The smallest absolute Gasteiger partial charge is 0.161 e. The van der Waals surface area contributed by atoms with E-state index in [1.54, 1.807) is 22.7 Å². The van der Waals surface area contributed by atoms with Crippen molar-refractivity contribution < 1.29 is 0 Å². The monoisotopic (exact) mass is 735 g/mol. The van der Waals surface area contributed by atoms with E-state index in [0.717, 1.165) is 48.7 Å². The Morgan fingerprint density at radius 2 is 1.11 bits per heavy atom. The Morgan fingerprint density at radius 3 is 1.85 bits per heavy atom. The Bertz CT molecular complexity index is 3470. The summed E-state index contributed by atoms with van der Waals surface area (Å²) < 4.78 is 6.92. The summed E-state index contributed by atoms with van der Waals surface area (Å²) in [5, 5.41) is 28.7. The van der Waals surface area contributed by atoms with Gasteiger partial charge in [-0.3, -0.25) is 0 Å². The van der Waals surface area contributed by atoms with Crippen LogP contribution < -0.4 is 0 Å². The lowest BCUT2D eigenvalue weighted by molar-refractivity contribution is 1.16. The maximum absolute atomic E-state index is 10.9. The summed E-state index contributed by atoms with van der Waals surface area (Å²) in [4.78, 5) is 10.3. The second kappa shape index (κ2) is 12.2. The first kappa shape index (κ1) is 31.4. The highest BCUT2D eigenvalue weighted by atomic mass is 32.1. The third kappa shape index (κ3) is 4.68. The van der Waals surface area contributed by atoms with Gasteiger partial charge in [0, 0.05) is 63.1 Å². The number of hydrogen-bond donors (Lipinski definition) is 0. The van der Waals surface area contributed by atoms with Gasteiger partial charge in [0.1, 0.15) is 17.7 Å². The summed E-state index contributed by atoms with van der Waals surface area (Å²) in [6.07, 6.45) is 0. The Balaban J connectivity index is 1.17. The maximum atomic E-state index is 10.9. The van der Waals surface area contributed by atoms with Crippen LogP contribution in [0.4, 0.5) is 0 Å². The molecule has 5 nitrogen and oxygen atoms in total. The molecule has 0 fully saturated rings. The molecule has 0 aliphatic heterocycles. The molecule has 0 atom stereocenters. The molecule has 55 heavy (non-hydrogen) atoms. The van der Waals surface area contributed by atoms with Crippen LogP contribution in [-0.4, -0.2) is 14.5 Å². The standard InChI is InChI=1S/C48H25N5S2/c49-26-30-25-29(21-24-39(30)53-40-18-7-4-13-31(40)34-22-23-36-33-15-6-9-20-42(33)55-47(36)45(34)53)44-38(27-50)43(28-11-2-1-3-12-28)51-48(52-44)37-17-10-16-35-32-14-5-8-19-41(32)54-46(35)37/h1-25H. The van der Waals surface area contributed by atoms with Crippen molar-refractivity contribution in [3.8, 4) is 51.7 Å². The van der Waals surface area contributed by atoms with Crippen LogP contribution in [0.2, 0.25) is 0 Å². The zero-order chi connectivity index (χ0) is 36.6. The molecule has 0 aliphatic carbocycles. The molecule has 0 amide bonds. The third-order valence-corrected chi connectivity index (χ3v) is 12.9. The third-order valence-electron chi connectivity index (χ3n) is 10.5. The Morgan fingerprint density at radius 1 is 0.491 bits per heavy atom. The normalized spacial score (nSPS) is 11.6. The number of nitriles is 2. The molecule has 254 valence electrons. The van der Waals surface area contributed by atoms with Gasteiger partial charge < -0.3 is 4.57 Å². The number of fused-ring (bicyclic) bond motifs is 10. The van der Waals surface area contributed by atoms with E-state index in [9.17, 15) is 10.5 Å². The molecule has 11 aromatic rings. The van der Waals surface area contributed by atoms with Gasteiger partial charge in [-0.05, 0) is 36.4 Å². The molecule has 11 rings (SSSR count). The molecule has 0 N–H and O–H groups in total. The van der Waals surface area contributed by atoms with E-state index in [1.165, 1.54) is 30.3 Å². The van der Waals surface area contributed by atoms with Gasteiger partial charge >= 0.3 is 0 Å². The largest absolute Gasteiger partial charge is 0.306 e. The predicted molar refractivity (Wildman–Crippen MR) is 228 cm³/mol. The molecule has 0 spiro atoms. The molecule has 7 heteroatoms. The predicted octanol–water partition coefficient (Wildman–Crippen LogP) is 13.1. The minimum absolute atomic E-state index is 0.360. The summed E-state index contributed by atoms with van der Waals surface area (Å²) in [6.45, 7) is 0. The van der Waals surface area contributed by atoms with Crippen molar-refractivity contribution in [2.75, 3.05) is 0 Å². The highest BCUT2D eigenvalue weighted by Gasteiger charge is 2.23. The number of hydrogen-bond acceptors (Lipinski definition) is 6. The fourth-order valence-corrected chi connectivity index (χ4v) is 10.5. The average molecular weight is 736 g/mol. The summed E-state index contributed by atoms with van der Waals surface area (Å²) in [7, 11) is 0. The lowest BCUT2D eigenvalue weighted by atomic mass is 9.98. The molecular weight excluding hydrogens is 711 g/mol. The lowest BCUT2D eigenvalue weighted by Crippen LogP contribution is -2.03. The van der Waals surface area contributed by atoms with Gasteiger partial charge in [0.15, 0.2) is 5.82 Å². The van der Waals surface area contributed by atoms with Crippen LogP contribution in [0, 0.1) is 22.7 Å². The van der Waals surface area contributed by atoms with Crippen molar-refractivity contribution in [3.63, 3.8) is 0 Å². The number of rotatable bonds is 4. The Labute approximate surface area is 322 Å². The summed E-state index contributed by atoms with van der Waals surface area (Å²) in [5.74, 6) is 0.530. The van der Waals surface area contributed by atoms with Crippen LogP contribution in [0.5, 0.6) is 0 Å². The number of para-hydroxylation sites is 1. The quantitative estimate of drug-likeness (QED) is 0.180. The van der Waals surface area contributed by atoms with Crippen LogP contribution in [0.3, 0.4) is 0 Å². The SMILES string of the molecule is N#Cc1cc(-c2nc(-c3cccc4c3sc3ccccc34)nc(-c3ccccc3)c2C#N)ccc1-n1c2ccccc2c2ccc3c4ccccc4sc3c21. The number of nitrogens with zero attached hydrogens (tertiary/aromatic N) is 5. The molecule has 0 unspecified atom stereocenters. The minimum Gasteiger partial charge on any atom is -0.306 e. The van der Waals surface area contributed by atoms with Gasteiger partial charge in [0.25, 0.3) is 0 Å². The van der Waals surface area contributed by atoms with Gasteiger partial charge in [-0.15, -0.1) is 22.7 Å². The van der Waals surface area contributed by atoms with E-state index in [-0.39, 0.29) is 0 Å². The number of aromatic nitrogens is 3. The Hall–Kier alpha value is -7.16. The molecule has 0 aliphatic rings. The van der Waals surface area contributed by atoms with Gasteiger partial charge in [-0.2, -0.15) is 10.5 Å². The van der Waals surface area contributed by atoms with Gasteiger partial charge in [0.2, 0.25) is 0 Å². The highest BCUT2D eigenvalue weighted by molar-refractivity contribution is 7.27. The van der Waals surface area contributed by atoms with E-state index >= 15 is 0 Å². The molecule has 0 radical (unpaired) electrons. The fraction of sp³-hybridized carbons (Fsp3) is 0. The van der Waals surface area contributed by atoms with E-state index in [2.05, 4.69) is 108 Å². The van der Waals surface area contributed by atoms with Crippen molar-refractivity contribution in [2.45, 2.75) is 0 Å². The topological polar surface area (TPSA) is 78.3 Å². The van der Waals surface area contributed by atoms with Crippen molar-refractivity contribution >= 4 is 84.8 Å². The molecule has 7 aromatic carbocycles. The first-order valence-corrected chi connectivity index (χ1v) is 19.5. The highest BCUT2D eigenvalue weighted by Crippen LogP contribution is 2.44. The number of benzene rings is 7. The molecular formula is C48H25N5S2. The van der Waals surface area contributed by atoms with Gasteiger partial charge in [-0.25, -0.2) is 9.97 Å². The van der Waals surface area contributed by atoms with Gasteiger partial charge in [0.05, 0.1) is 38.4 Å². The lowest BCUT2D eigenvalue weighted by Gasteiger charge is -2.15. The van der Waals surface area contributed by atoms with Crippen LogP contribution >= 0.6 is 22.7 Å². The van der Waals surface area contributed by atoms with E-state index in [4.69, 9.17) is 9.97 Å². The average Bonchev–Trinajstić information content (AvgIpc) is 3.93. The van der Waals surface area contributed by atoms with Crippen LogP contribution in [0.25, 0.3) is 102 Å². The summed E-state index contributed by atoms with van der Waals surface area (Å²) >= 11 is 3.50. The van der Waals surface area contributed by atoms with E-state index in [0.29, 0.717) is 33.9 Å². The van der Waals surface area contributed by atoms with Crippen molar-refractivity contribution in [3.05, 3.63) is 163 Å². The van der Waals surface area contributed by atoms with Crippen LogP contribution in [0.15, 0.2) is 152 Å². The number of thiophene rings is 2. The second-order valence-electron chi connectivity index (χ2n) is 13.5.